The molecule has 0 fully saturated rings. The normalized spacial score (nSPS) is 14.5. The van der Waals surface area contributed by atoms with E-state index in [-0.39, 0.29) is 11.2 Å². The Bertz CT molecular complexity index is 488. The summed E-state index contributed by atoms with van der Waals surface area (Å²) in [6.45, 7) is 5.94. The minimum absolute atomic E-state index is 0.277. The van der Waals surface area contributed by atoms with Crippen molar-refractivity contribution in [1.29, 1.82) is 0 Å². The Hall–Kier alpha value is -1.84. The van der Waals surface area contributed by atoms with Crippen molar-refractivity contribution >= 4 is 11.9 Å². The van der Waals surface area contributed by atoms with E-state index in [1.165, 1.54) is 0 Å². The molecule has 1 aliphatic rings. The highest BCUT2D eigenvalue weighted by Crippen LogP contribution is 2.27. The van der Waals surface area contributed by atoms with Crippen LogP contribution < -0.4 is 4.74 Å². The fraction of sp³-hybridized carbons (Fsp3) is 0.385. The second-order valence-corrected chi connectivity index (χ2v) is 4.60. The average Bonchev–Trinajstić information content (AvgIpc) is 2.54. The zero-order chi connectivity index (χ0) is 12.6. The first-order valence-corrected chi connectivity index (χ1v) is 5.52. The Morgan fingerprint density at radius 2 is 1.82 bits per heavy atom. The van der Waals surface area contributed by atoms with Crippen LogP contribution in [0.4, 0.5) is 0 Å². The Kier molecular flexibility index (Phi) is 2.65. The summed E-state index contributed by atoms with van der Waals surface area (Å²) in [7, 11) is 0. The van der Waals surface area contributed by atoms with Crippen molar-refractivity contribution in [2.45, 2.75) is 32.8 Å². The second kappa shape index (κ2) is 3.87. The number of rotatable bonds is 3. The molecule has 0 N–H and O–H groups in total. The van der Waals surface area contributed by atoms with Crippen LogP contribution in [0.15, 0.2) is 18.2 Å². The van der Waals surface area contributed by atoms with Gasteiger partial charge in [0.15, 0.2) is 0 Å². The smallest absolute Gasteiger partial charge is 0.347 e. The van der Waals surface area contributed by atoms with Gasteiger partial charge in [-0.3, -0.25) is 0 Å². The third kappa shape index (κ3) is 2.16. The number of carbonyl (C=O) groups is 2. The maximum absolute atomic E-state index is 11.4. The van der Waals surface area contributed by atoms with E-state index >= 15 is 0 Å². The highest BCUT2D eigenvalue weighted by molar-refractivity contribution is 6.14. The van der Waals surface area contributed by atoms with Crippen LogP contribution in [0.1, 0.15) is 47.9 Å². The summed E-state index contributed by atoms with van der Waals surface area (Å²) in [6.07, 6.45) is 0.841. The van der Waals surface area contributed by atoms with E-state index in [1.807, 2.05) is 20.8 Å². The van der Waals surface area contributed by atoms with Gasteiger partial charge in [-0.2, -0.15) is 0 Å². The molecule has 2 rings (SSSR count). The molecule has 0 aliphatic carbocycles. The predicted molar refractivity (Wildman–Crippen MR) is 61.2 cm³/mol. The highest BCUT2D eigenvalue weighted by Gasteiger charge is 2.30. The molecule has 0 unspecified atom stereocenters. The molecule has 0 radical (unpaired) electrons. The lowest BCUT2D eigenvalue weighted by Gasteiger charge is -2.24. The monoisotopic (exact) mass is 234 g/mol. The molecule has 0 saturated carbocycles. The molecule has 0 bridgehead atoms. The van der Waals surface area contributed by atoms with Crippen LogP contribution in [0.5, 0.6) is 5.75 Å². The Morgan fingerprint density at radius 1 is 1.18 bits per heavy atom. The van der Waals surface area contributed by atoms with E-state index in [1.54, 1.807) is 18.2 Å². The number of benzene rings is 1. The van der Waals surface area contributed by atoms with Gasteiger partial charge >= 0.3 is 11.9 Å². The van der Waals surface area contributed by atoms with E-state index < -0.39 is 11.9 Å². The summed E-state index contributed by atoms with van der Waals surface area (Å²) in [4.78, 5) is 22.6. The SMILES string of the molecule is CCC(C)(C)Oc1ccc2c(c1)C(=O)OC2=O. The van der Waals surface area contributed by atoms with Gasteiger partial charge in [-0.1, -0.05) is 6.92 Å². The average molecular weight is 234 g/mol. The summed E-state index contributed by atoms with van der Waals surface area (Å²) < 4.78 is 10.3. The van der Waals surface area contributed by atoms with Crippen molar-refractivity contribution in [3.63, 3.8) is 0 Å². The van der Waals surface area contributed by atoms with Crippen molar-refractivity contribution in [2.75, 3.05) is 0 Å². The number of carbonyl (C=O) groups excluding carboxylic acids is 2. The summed E-state index contributed by atoms with van der Waals surface area (Å²) >= 11 is 0. The first-order chi connectivity index (χ1) is 7.93. The van der Waals surface area contributed by atoms with Crippen molar-refractivity contribution in [2.24, 2.45) is 0 Å². The zero-order valence-electron chi connectivity index (χ0n) is 10.1. The predicted octanol–water partition coefficient (Wildman–Crippen LogP) is 2.56. The number of esters is 2. The van der Waals surface area contributed by atoms with E-state index in [0.717, 1.165) is 6.42 Å². The first-order valence-electron chi connectivity index (χ1n) is 5.52. The van der Waals surface area contributed by atoms with Crippen molar-refractivity contribution in [3.8, 4) is 5.75 Å². The minimum atomic E-state index is -0.607. The minimum Gasteiger partial charge on any atom is -0.488 e. The van der Waals surface area contributed by atoms with Crippen molar-refractivity contribution < 1.29 is 19.1 Å². The van der Waals surface area contributed by atoms with Gasteiger partial charge in [0, 0.05) is 0 Å². The van der Waals surface area contributed by atoms with Crippen LogP contribution in [-0.2, 0) is 4.74 Å². The van der Waals surface area contributed by atoms with Crippen molar-refractivity contribution in [1.82, 2.24) is 0 Å². The van der Waals surface area contributed by atoms with Gasteiger partial charge in [0.05, 0.1) is 11.1 Å². The van der Waals surface area contributed by atoms with E-state index in [9.17, 15) is 9.59 Å². The Labute approximate surface area is 99.5 Å². The summed E-state index contributed by atoms with van der Waals surface area (Å²) in [5.41, 5.74) is 0.275. The lowest BCUT2D eigenvalue weighted by molar-refractivity contribution is 0.0443. The molecule has 90 valence electrons. The summed E-state index contributed by atoms with van der Waals surface area (Å²) in [6, 6.07) is 4.79. The number of hydrogen-bond donors (Lipinski definition) is 0. The maximum Gasteiger partial charge on any atom is 0.347 e. The fourth-order valence-electron chi connectivity index (χ4n) is 1.52. The molecule has 0 aromatic heterocycles. The molecule has 0 spiro atoms. The quantitative estimate of drug-likeness (QED) is 0.595. The molecule has 1 aromatic carbocycles. The van der Waals surface area contributed by atoms with Crippen LogP contribution in [0.25, 0.3) is 0 Å². The lowest BCUT2D eigenvalue weighted by Crippen LogP contribution is -2.26. The van der Waals surface area contributed by atoms with Gasteiger partial charge in [-0.25, -0.2) is 9.59 Å². The van der Waals surface area contributed by atoms with Gasteiger partial charge in [0.2, 0.25) is 0 Å². The van der Waals surface area contributed by atoms with Gasteiger partial charge in [0.25, 0.3) is 0 Å². The largest absolute Gasteiger partial charge is 0.488 e. The third-order valence-electron chi connectivity index (χ3n) is 2.86. The van der Waals surface area contributed by atoms with E-state index in [0.29, 0.717) is 11.3 Å². The first kappa shape index (κ1) is 11.6. The van der Waals surface area contributed by atoms with Crippen LogP contribution in [0.3, 0.4) is 0 Å². The number of hydrogen-bond acceptors (Lipinski definition) is 4. The molecular weight excluding hydrogens is 220 g/mol. The van der Waals surface area contributed by atoms with Gasteiger partial charge in [0.1, 0.15) is 11.4 Å². The van der Waals surface area contributed by atoms with Gasteiger partial charge in [-0.05, 0) is 38.5 Å². The third-order valence-corrected chi connectivity index (χ3v) is 2.86. The van der Waals surface area contributed by atoms with Crippen LogP contribution in [-0.4, -0.2) is 17.5 Å². The fourth-order valence-corrected chi connectivity index (χ4v) is 1.52. The maximum atomic E-state index is 11.4. The highest BCUT2D eigenvalue weighted by atomic mass is 16.6. The molecule has 0 atom stereocenters. The molecule has 17 heavy (non-hydrogen) atoms. The van der Waals surface area contributed by atoms with E-state index in [2.05, 4.69) is 4.74 Å². The number of ether oxygens (including phenoxy) is 2. The molecule has 0 amide bonds. The molecular formula is C13H14O4. The Balaban J connectivity index is 2.32. The molecule has 1 aromatic rings. The summed E-state index contributed by atoms with van der Waals surface area (Å²) in [5, 5.41) is 0. The molecule has 4 heteroatoms. The molecule has 4 nitrogen and oxygen atoms in total. The second-order valence-electron chi connectivity index (χ2n) is 4.60. The number of fused-ring (bicyclic) bond motifs is 1. The number of cyclic esters (lactones) is 2. The molecule has 1 aliphatic heterocycles. The molecule has 1 heterocycles. The Morgan fingerprint density at radius 3 is 2.47 bits per heavy atom. The van der Waals surface area contributed by atoms with E-state index in [4.69, 9.17) is 4.74 Å². The zero-order valence-corrected chi connectivity index (χ0v) is 10.1. The van der Waals surface area contributed by atoms with Gasteiger partial charge < -0.3 is 9.47 Å². The van der Waals surface area contributed by atoms with Crippen molar-refractivity contribution in [3.05, 3.63) is 29.3 Å². The topological polar surface area (TPSA) is 52.6 Å². The van der Waals surface area contributed by atoms with Gasteiger partial charge in [-0.15, -0.1) is 0 Å². The lowest BCUT2D eigenvalue weighted by atomic mass is 10.1. The summed E-state index contributed by atoms with van der Waals surface area (Å²) in [5.74, 6) is -0.627. The standard InChI is InChI=1S/C13H14O4/c1-4-13(2,3)17-8-5-6-9-10(7-8)12(15)16-11(9)14/h5-7H,4H2,1-3H3. The molecule has 0 saturated heterocycles. The van der Waals surface area contributed by atoms with Crippen LogP contribution in [0.2, 0.25) is 0 Å². The van der Waals surface area contributed by atoms with Crippen LogP contribution in [0, 0.1) is 0 Å². The van der Waals surface area contributed by atoms with Crippen LogP contribution >= 0.6 is 0 Å².